The molecule has 3 heteroatoms. The molecule has 0 aromatic heterocycles. The second-order valence-corrected chi connectivity index (χ2v) is 25.2. The largest absolute Gasteiger partial charge is 0.252 e. The van der Waals surface area contributed by atoms with Gasteiger partial charge in [0.2, 0.25) is 0 Å². The predicted octanol–water partition coefficient (Wildman–Crippen LogP) is 28.5. The van der Waals surface area contributed by atoms with Crippen molar-refractivity contribution in [3.05, 3.63) is 71.8 Å². The van der Waals surface area contributed by atoms with Gasteiger partial charge in [0, 0.05) is 16.5 Å². The molecule has 0 amide bonds. The molecule has 0 atom stereocenters. The molecule has 0 heterocycles. The first-order valence-electron chi connectivity index (χ1n) is 36.3. The Labute approximate surface area is 517 Å². The van der Waals surface area contributed by atoms with Gasteiger partial charge in [-0.25, -0.2) is 0 Å². The number of hydrogen-bond acceptors (Lipinski definition) is 2. The summed E-state index contributed by atoms with van der Waals surface area (Å²) in [5, 5.41) is 0. The maximum atomic E-state index is 5.16. The second kappa shape index (κ2) is 62.3. The Kier molecular flexibility index (Phi) is 59.0. The fraction of sp³-hybridized carbons (Fsp3) is 0.769. The Hall–Kier alpha value is -2.25. The van der Waals surface area contributed by atoms with Crippen LogP contribution in [0.2, 0.25) is 0 Å². The SMILES string of the molecule is CCCCCCCCCCCCCCCCCCCCCCCCCCCC=Cc1ccc(N=C(C)C(CCCCC)=Nc2ccc(C=CCCCCCCCCCCCCCCCCCCCCCCCCCCC)cc2)cc1.[Ni]. The van der Waals surface area contributed by atoms with Crippen LogP contribution in [0.4, 0.5) is 11.4 Å². The molecule has 0 bridgehead atoms. The molecule has 0 fully saturated rings. The maximum Gasteiger partial charge on any atom is 0.0634 e. The Balaban J connectivity index is 0.0000328. The van der Waals surface area contributed by atoms with E-state index >= 15 is 0 Å². The molecule has 0 saturated heterocycles. The molecule has 0 radical (unpaired) electrons. The summed E-state index contributed by atoms with van der Waals surface area (Å²) in [6.07, 6.45) is 88.5. The average molecular weight is 1160 g/mol. The quantitative estimate of drug-likeness (QED) is 0.0358. The molecule has 0 spiro atoms. The minimum atomic E-state index is 0. The molecule has 81 heavy (non-hydrogen) atoms. The van der Waals surface area contributed by atoms with Gasteiger partial charge in [-0.15, -0.1) is 0 Å². The number of benzene rings is 2. The molecular formula is C78H136N2Ni. The molecule has 2 rings (SSSR count). The fourth-order valence-electron chi connectivity index (χ4n) is 11.8. The molecule has 2 nitrogen and oxygen atoms in total. The second-order valence-electron chi connectivity index (χ2n) is 25.2. The van der Waals surface area contributed by atoms with Gasteiger partial charge in [-0.1, -0.05) is 390 Å². The van der Waals surface area contributed by atoms with E-state index in [2.05, 4.69) is 101 Å². The Morgan fingerprint density at radius 2 is 0.481 bits per heavy atom. The van der Waals surface area contributed by atoms with Gasteiger partial charge in [0.1, 0.15) is 0 Å². The van der Waals surface area contributed by atoms with Crippen LogP contribution in [0.25, 0.3) is 12.2 Å². The molecule has 0 N–H and O–H groups in total. The van der Waals surface area contributed by atoms with E-state index in [1.165, 1.54) is 358 Å². The molecule has 0 aliphatic carbocycles. The zero-order chi connectivity index (χ0) is 57.0. The van der Waals surface area contributed by atoms with Crippen molar-refractivity contribution in [2.24, 2.45) is 9.98 Å². The van der Waals surface area contributed by atoms with Crippen LogP contribution in [0.15, 0.2) is 70.7 Å². The monoisotopic (exact) mass is 1160 g/mol. The Morgan fingerprint density at radius 1 is 0.272 bits per heavy atom. The Morgan fingerprint density at radius 3 is 0.728 bits per heavy atom. The third-order valence-electron chi connectivity index (χ3n) is 17.4. The third kappa shape index (κ3) is 51.9. The summed E-state index contributed by atoms with van der Waals surface area (Å²) < 4.78 is 0. The van der Waals surface area contributed by atoms with Crippen molar-refractivity contribution in [1.29, 1.82) is 0 Å². The van der Waals surface area contributed by atoms with E-state index in [4.69, 9.17) is 9.98 Å². The minimum Gasteiger partial charge on any atom is -0.252 e. The van der Waals surface area contributed by atoms with Crippen LogP contribution < -0.4 is 0 Å². The fourth-order valence-corrected chi connectivity index (χ4v) is 11.8. The molecule has 2 aromatic carbocycles. The van der Waals surface area contributed by atoms with Gasteiger partial charge in [0.15, 0.2) is 0 Å². The summed E-state index contributed by atoms with van der Waals surface area (Å²) in [5.74, 6) is 0. The third-order valence-corrected chi connectivity index (χ3v) is 17.4. The van der Waals surface area contributed by atoms with Crippen molar-refractivity contribution in [3.8, 4) is 0 Å². The molecule has 0 saturated carbocycles. The van der Waals surface area contributed by atoms with Crippen molar-refractivity contribution in [3.63, 3.8) is 0 Å². The summed E-state index contributed by atoms with van der Waals surface area (Å²) in [6, 6.07) is 17.6. The minimum absolute atomic E-state index is 0. The van der Waals surface area contributed by atoms with Crippen LogP contribution in [0.3, 0.4) is 0 Å². The van der Waals surface area contributed by atoms with Crippen LogP contribution in [-0.2, 0) is 16.5 Å². The van der Waals surface area contributed by atoms with E-state index in [-0.39, 0.29) is 16.5 Å². The topological polar surface area (TPSA) is 24.7 Å². The van der Waals surface area contributed by atoms with Crippen molar-refractivity contribution < 1.29 is 16.5 Å². The number of hydrogen-bond donors (Lipinski definition) is 0. The zero-order valence-corrected chi connectivity index (χ0v) is 55.7. The molecule has 0 unspecified atom stereocenters. The van der Waals surface area contributed by atoms with Crippen LogP contribution in [-0.4, -0.2) is 11.4 Å². The summed E-state index contributed by atoms with van der Waals surface area (Å²) in [7, 11) is 0. The zero-order valence-electron chi connectivity index (χ0n) is 54.7. The summed E-state index contributed by atoms with van der Waals surface area (Å²) in [6.45, 7) is 9.03. The van der Waals surface area contributed by atoms with E-state index in [0.29, 0.717) is 0 Å². The van der Waals surface area contributed by atoms with Gasteiger partial charge in [0.25, 0.3) is 0 Å². The predicted molar refractivity (Wildman–Crippen MR) is 366 cm³/mol. The standard InChI is InChI=1S/C78H136N2.Ni/c1-5-8-11-13-15-17-19-21-23-25-27-29-31-33-35-37-39-41-43-45-47-49-51-53-55-57-60-62-74-65-69-76(70-66-74)79-73(4)78(64-59-10-7-3)80-77-71-67-75(68-72-77)63-61-58-56-54-52-50-48-46-44-42-40-38-36-34-32-30-28-26-24-22-20-18-16-14-12-9-6-2;/h60-63,65-72H,5-59,64H2,1-4H3;. The van der Waals surface area contributed by atoms with Crippen LogP contribution in [0.5, 0.6) is 0 Å². The van der Waals surface area contributed by atoms with Crippen molar-refractivity contribution in [2.45, 2.75) is 387 Å². The number of unbranched alkanes of at least 4 members (excludes halogenated alkanes) is 52. The normalized spacial score (nSPS) is 12.2. The molecule has 2 aromatic rings. The number of allylic oxidation sites excluding steroid dienone is 2. The van der Waals surface area contributed by atoms with Crippen LogP contribution in [0.1, 0.15) is 398 Å². The van der Waals surface area contributed by atoms with E-state index in [9.17, 15) is 0 Å². The first kappa shape index (κ1) is 76.8. The van der Waals surface area contributed by atoms with Gasteiger partial charge in [-0.3, -0.25) is 9.98 Å². The van der Waals surface area contributed by atoms with Crippen LogP contribution >= 0.6 is 0 Å². The van der Waals surface area contributed by atoms with Gasteiger partial charge in [-0.05, 0) is 80.8 Å². The summed E-state index contributed by atoms with van der Waals surface area (Å²) >= 11 is 0. The average Bonchev–Trinajstić information content (AvgIpc) is 3.48. The van der Waals surface area contributed by atoms with Crippen molar-refractivity contribution >= 4 is 35.0 Å². The first-order valence-corrected chi connectivity index (χ1v) is 36.3. The molecule has 468 valence electrons. The smallest absolute Gasteiger partial charge is 0.0634 e. The maximum absolute atomic E-state index is 5.16. The Bertz CT molecular complexity index is 1680. The molecule has 0 aliphatic rings. The number of aliphatic imine (C=N–C) groups is 2. The molecular weight excluding hydrogens is 1020 g/mol. The summed E-state index contributed by atoms with van der Waals surface area (Å²) in [5.41, 5.74) is 6.70. The van der Waals surface area contributed by atoms with Gasteiger partial charge in [-0.2, -0.15) is 0 Å². The number of rotatable bonds is 61. The van der Waals surface area contributed by atoms with Crippen LogP contribution in [0, 0.1) is 0 Å². The van der Waals surface area contributed by atoms with Gasteiger partial charge < -0.3 is 0 Å². The van der Waals surface area contributed by atoms with Crippen molar-refractivity contribution in [2.75, 3.05) is 0 Å². The number of nitrogens with zero attached hydrogens (tertiary/aromatic N) is 2. The van der Waals surface area contributed by atoms with Crippen molar-refractivity contribution in [1.82, 2.24) is 0 Å². The first-order chi connectivity index (χ1) is 39.7. The van der Waals surface area contributed by atoms with Gasteiger partial charge >= 0.3 is 0 Å². The van der Waals surface area contributed by atoms with E-state index in [1.807, 2.05) is 0 Å². The van der Waals surface area contributed by atoms with E-state index in [0.717, 1.165) is 35.6 Å². The van der Waals surface area contributed by atoms with E-state index in [1.54, 1.807) is 0 Å². The molecule has 0 aliphatic heterocycles. The summed E-state index contributed by atoms with van der Waals surface area (Å²) in [4.78, 5) is 10.2. The van der Waals surface area contributed by atoms with Gasteiger partial charge in [0.05, 0.1) is 22.8 Å². The van der Waals surface area contributed by atoms with E-state index < -0.39 is 0 Å².